The van der Waals surface area contributed by atoms with Crippen LogP contribution in [0.3, 0.4) is 0 Å². The Bertz CT molecular complexity index is 1150. The topological polar surface area (TPSA) is 58.4 Å². The first kappa shape index (κ1) is 21.9. The summed E-state index contributed by atoms with van der Waals surface area (Å²) in [7, 11) is 5.40. The number of benzene rings is 2. The number of halogens is 2. The minimum Gasteiger partial charge on any atom is -0.327 e. The molecule has 2 aromatic carbocycles. The molecular formula is C22H24ClFN4O2. The lowest BCUT2D eigenvalue weighted by molar-refractivity contribution is 0.0661. The van der Waals surface area contributed by atoms with Crippen molar-refractivity contribution in [3.8, 4) is 0 Å². The Balaban J connectivity index is 2.08. The molecular weight excluding hydrogens is 407 g/mol. The zero-order valence-electron chi connectivity index (χ0n) is 17.4. The van der Waals surface area contributed by atoms with Crippen LogP contribution in [-0.4, -0.2) is 52.4 Å². The van der Waals surface area contributed by atoms with Gasteiger partial charge in [0.1, 0.15) is 11.6 Å². The third kappa shape index (κ3) is 4.37. The number of aromatic nitrogens is 2. The largest absolute Gasteiger partial charge is 0.327 e. The van der Waals surface area contributed by atoms with E-state index in [0.717, 1.165) is 0 Å². The lowest BCUT2D eigenvalue weighted by Crippen LogP contribution is -2.41. The van der Waals surface area contributed by atoms with E-state index < -0.39 is 17.8 Å². The van der Waals surface area contributed by atoms with Gasteiger partial charge < -0.3 is 9.80 Å². The molecule has 0 radical (unpaired) electrons. The van der Waals surface area contributed by atoms with E-state index in [1.165, 1.54) is 16.7 Å². The molecule has 1 unspecified atom stereocenters. The first-order valence-corrected chi connectivity index (χ1v) is 9.95. The molecule has 0 aliphatic rings. The molecule has 158 valence electrons. The van der Waals surface area contributed by atoms with Crippen LogP contribution in [0.5, 0.6) is 0 Å². The van der Waals surface area contributed by atoms with Crippen molar-refractivity contribution in [2.45, 2.75) is 13.0 Å². The average Bonchev–Trinajstić information content (AvgIpc) is 2.71. The summed E-state index contributed by atoms with van der Waals surface area (Å²) < 4.78 is 15.7. The van der Waals surface area contributed by atoms with Crippen LogP contribution in [0, 0.1) is 5.82 Å². The van der Waals surface area contributed by atoms with E-state index in [9.17, 15) is 14.0 Å². The van der Waals surface area contributed by atoms with Gasteiger partial charge in [0, 0.05) is 25.2 Å². The maximum Gasteiger partial charge on any atom is 0.261 e. The molecule has 1 amide bonds. The summed E-state index contributed by atoms with van der Waals surface area (Å²) in [4.78, 5) is 34.2. The first-order chi connectivity index (χ1) is 14.2. The number of fused-ring (bicyclic) bond motifs is 1. The van der Waals surface area contributed by atoms with Gasteiger partial charge in [-0.1, -0.05) is 23.7 Å². The monoisotopic (exact) mass is 430 g/mol. The number of hydrogen-bond acceptors (Lipinski definition) is 4. The number of carbonyl (C=O) groups is 1. The van der Waals surface area contributed by atoms with Crippen LogP contribution in [0.2, 0.25) is 5.02 Å². The van der Waals surface area contributed by atoms with E-state index in [4.69, 9.17) is 11.6 Å². The molecule has 30 heavy (non-hydrogen) atoms. The molecule has 3 rings (SSSR count). The standard InChI is InChI=1S/C22H24ClFN4O2/c1-14(20-25-19-10-9-15(23)13-17(19)21(29)27(20)4)28(12-11-26(2)3)22(30)16-7-5-6-8-18(16)24/h5-10,13-14H,11-12H2,1-4H3. The lowest BCUT2D eigenvalue weighted by atomic mass is 10.1. The van der Waals surface area contributed by atoms with E-state index in [0.29, 0.717) is 34.8 Å². The van der Waals surface area contributed by atoms with E-state index >= 15 is 0 Å². The maximum absolute atomic E-state index is 14.3. The third-order valence-corrected chi connectivity index (χ3v) is 5.30. The Hall–Kier alpha value is -2.77. The Morgan fingerprint density at radius 1 is 1.20 bits per heavy atom. The predicted octanol–water partition coefficient (Wildman–Crippen LogP) is 3.49. The molecule has 6 nitrogen and oxygen atoms in total. The van der Waals surface area contributed by atoms with Crippen LogP contribution in [0.15, 0.2) is 47.3 Å². The number of likely N-dealkylation sites (N-methyl/N-ethyl adjacent to an activating group) is 1. The number of amides is 1. The molecule has 0 aliphatic carbocycles. The van der Waals surface area contributed by atoms with Crippen molar-refractivity contribution in [1.29, 1.82) is 0 Å². The second kappa shape index (κ2) is 8.93. The molecule has 8 heteroatoms. The number of rotatable bonds is 6. The van der Waals surface area contributed by atoms with Crippen LogP contribution >= 0.6 is 11.6 Å². The zero-order chi connectivity index (χ0) is 22.0. The lowest BCUT2D eigenvalue weighted by Gasteiger charge is -2.31. The van der Waals surface area contributed by atoms with Gasteiger partial charge in [0.15, 0.2) is 0 Å². The summed E-state index contributed by atoms with van der Waals surface area (Å²) in [6.45, 7) is 2.70. The van der Waals surface area contributed by atoms with Gasteiger partial charge in [0.2, 0.25) is 0 Å². The average molecular weight is 431 g/mol. The summed E-state index contributed by atoms with van der Waals surface area (Å²) in [5.74, 6) is -0.620. The highest BCUT2D eigenvalue weighted by atomic mass is 35.5. The van der Waals surface area contributed by atoms with Crippen molar-refractivity contribution < 1.29 is 9.18 Å². The van der Waals surface area contributed by atoms with Crippen LogP contribution < -0.4 is 5.56 Å². The van der Waals surface area contributed by atoms with Gasteiger partial charge in [-0.15, -0.1) is 0 Å². The van der Waals surface area contributed by atoms with Gasteiger partial charge in [0.05, 0.1) is 22.5 Å². The summed E-state index contributed by atoms with van der Waals surface area (Å²) in [5.41, 5.74) is 0.228. The molecule has 0 fully saturated rings. The Kier molecular flexibility index (Phi) is 6.53. The fourth-order valence-corrected chi connectivity index (χ4v) is 3.51. The molecule has 0 saturated heterocycles. The normalized spacial score (nSPS) is 12.4. The quantitative estimate of drug-likeness (QED) is 0.600. The molecule has 1 aromatic heterocycles. The number of carbonyl (C=O) groups excluding carboxylic acids is 1. The molecule has 1 heterocycles. The van der Waals surface area contributed by atoms with Crippen molar-refractivity contribution in [3.63, 3.8) is 0 Å². The Labute approximate surface area is 179 Å². The molecule has 0 N–H and O–H groups in total. The molecule has 0 bridgehead atoms. The van der Waals surface area contributed by atoms with Crippen molar-refractivity contribution in [3.05, 3.63) is 75.0 Å². The molecule has 3 aromatic rings. The zero-order valence-corrected chi connectivity index (χ0v) is 18.2. The van der Waals surface area contributed by atoms with E-state index in [1.54, 1.807) is 49.2 Å². The van der Waals surface area contributed by atoms with Crippen molar-refractivity contribution in [2.24, 2.45) is 7.05 Å². The fraction of sp³-hybridized carbons (Fsp3) is 0.318. The van der Waals surface area contributed by atoms with Gasteiger partial charge >= 0.3 is 0 Å². The molecule has 0 aliphatic heterocycles. The first-order valence-electron chi connectivity index (χ1n) is 9.57. The van der Waals surface area contributed by atoms with Crippen molar-refractivity contribution >= 4 is 28.4 Å². The van der Waals surface area contributed by atoms with E-state index in [2.05, 4.69) is 4.98 Å². The van der Waals surface area contributed by atoms with Crippen molar-refractivity contribution in [2.75, 3.05) is 27.2 Å². The number of hydrogen-bond donors (Lipinski definition) is 0. The summed E-state index contributed by atoms with van der Waals surface area (Å²) >= 11 is 6.02. The molecule has 0 spiro atoms. The minimum atomic E-state index is -0.584. The minimum absolute atomic E-state index is 0.0133. The van der Waals surface area contributed by atoms with Gasteiger partial charge in [-0.25, -0.2) is 9.37 Å². The van der Waals surface area contributed by atoms with E-state index in [1.807, 2.05) is 19.0 Å². The fourth-order valence-electron chi connectivity index (χ4n) is 3.34. The van der Waals surface area contributed by atoms with Gasteiger partial charge in [-0.05, 0) is 51.4 Å². The summed E-state index contributed by atoms with van der Waals surface area (Å²) in [6, 6.07) is 10.2. The van der Waals surface area contributed by atoms with Crippen LogP contribution in [-0.2, 0) is 7.05 Å². The van der Waals surface area contributed by atoms with Crippen molar-refractivity contribution in [1.82, 2.24) is 19.4 Å². The predicted molar refractivity (Wildman–Crippen MR) is 116 cm³/mol. The van der Waals surface area contributed by atoms with Crippen LogP contribution in [0.25, 0.3) is 10.9 Å². The smallest absolute Gasteiger partial charge is 0.261 e. The van der Waals surface area contributed by atoms with Gasteiger partial charge in [-0.3, -0.25) is 14.2 Å². The third-order valence-electron chi connectivity index (χ3n) is 5.07. The SMILES string of the molecule is CC(c1nc2ccc(Cl)cc2c(=O)n1C)N(CCN(C)C)C(=O)c1ccccc1F. The van der Waals surface area contributed by atoms with Crippen LogP contribution in [0.4, 0.5) is 4.39 Å². The second-order valence-electron chi connectivity index (χ2n) is 7.45. The highest BCUT2D eigenvalue weighted by molar-refractivity contribution is 6.31. The summed E-state index contributed by atoms with van der Waals surface area (Å²) in [5, 5.41) is 0.853. The van der Waals surface area contributed by atoms with Gasteiger partial charge in [0.25, 0.3) is 11.5 Å². The Morgan fingerprint density at radius 3 is 2.57 bits per heavy atom. The highest BCUT2D eigenvalue weighted by Crippen LogP contribution is 2.23. The molecule has 1 atom stereocenters. The van der Waals surface area contributed by atoms with E-state index in [-0.39, 0.29) is 11.1 Å². The van der Waals surface area contributed by atoms with Crippen LogP contribution in [0.1, 0.15) is 29.1 Å². The number of nitrogens with zero attached hydrogens (tertiary/aromatic N) is 4. The van der Waals surface area contributed by atoms with Gasteiger partial charge in [-0.2, -0.15) is 0 Å². The highest BCUT2D eigenvalue weighted by Gasteiger charge is 2.27. The summed E-state index contributed by atoms with van der Waals surface area (Å²) in [6.07, 6.45) is 0. The molecule has 0 saturated carbocycles. The maximum atomic E-state index is 14.3. The Morgan fingerprint density at radius 2 is 1.90 bits per heavy atom. The second-order valence-corrected chi connectivity index (χ2v) is 7.89.